The summed E-state index contributed by atoms with van der Waals surface area (Å²) in [5.74, 6) is -0.950. The van der Waals surface area contributed by atoms with Gasteiger partial charge in [-0.05, 0) is 25.7 Å². The fourth-order valence-electron chi connectivity index (χ4n) is 6.85. The minimum absolute atomic E-state index is 0.169. The highest BCUT2D eigenvalue weighted by Gasteiger charge is 2.37. The SMILES string of the molecule is CCCCCCCCCCCCCCCCCCOC(=O)C1CCCCC1C(=O)OCCCCCCCCCCCCCC. The lowest BCUT2D eigenvalue weighted by Crippen LogP contribution is -2.35. The lowest BCUT2D eigenvalue weighted by atomic mass is 9.79. The summed E-state index contributed by atoms with van der Waals surface area (Å²) >= 11 is 0. The molecule has 0 aliphatic heterocycles. The normalized spacial score (nSPS) is 16.7. The summed E-state index contributed by atoms with van der Waals surface area (Å²) in [4.78, 5) is 25.6. The van der Waals surface area contributed by atoms with Crippen LogP contribution >= 0.6 is 0 Å². The van der Waals surface area contributed by atoms with Gasteiger partial charge in [-0.1, -0.05) is 194 Å². The second-order valence-electron chi connectivity index (χ2n) is 14.0. The van der Waals surface area contributed by atoms with Crippen LogP contribution in [0, 0.1) is 11.8 Å². The van der Waals surface area contributed by atoms with Crippen molar-refractivity contribution in [2.45, 2.75) is 219 Å². The van der Waals surface area contributed by atoms with Crippen molar-refractivity contribution in [2.24, 2.45) is 11.8 Å². The Hall–Kier alpha value is -1.06. The minimum atomic E-state index is -0.306. The molecule has 44 heavy (non-hydrogen) atoms. The Morgan fingerprint density at radius 1 is 0.386 bits per heavy atom. The van der Waals surface area contributed by atoms with Gasteiger partial charge in [-0.3, -0.25) is 9.59 Å². The molecule has 1 aliphatic rings. The van der Waals surface area contributed by atoms with Gasteiger partial charge in [0.15, 0.2) is 0 Å². The third-order valence-corrected chi connectivity index (χ3v) is 9.86. The Kier molecular flexibility index (Phi) is 29.7. The summed E-state index contributed by atoms with van der Waals surface area (Å²) in [6.45, 7) is 5.54. The van der Waals surface area contributed by atoms with E-state index in [2.05, 4.69) is 13.8 Å². The molecule has 0 amide bonds. The van der Waals surface area contributed by atoms with E-state index in [0.717, 1.165) is 51.4 Å². The van der Waals surface area contributed by atoms with Gasteiger partial charge in [-0.25, -0.2) is 0 Å². The molecule has 1 saturated carbocycles. The summed E-state index contributed by atoms with van der Waals surface area (Å²) < 4.78 is 11.3. The molecular weight excluding hydrogens is 544 g/mol. The van der Waals surface area contributed by atoms with Crippen molar-refractivity contribution in [1.82, 2.24) is 0 Å². The van der Waals surface area contributed by atoms with Crippen LogP contribution in [0.1, 0.15) is 219 Å². The van der Waals surface area contributed by atoms with Crippen LogP contribution in [0.2, 0.25) is 0 Å². The predicted molar refractivity (Wildman–Crippen MR) is 188 cm³/mol. The zero-order valence-electron chi connectivity index (χ0n) is 29.8. The van der Waals surface area contributed by atoms with E-state index in [0.29, 0.717) is 13.2 Å². The first kappa shape index (κ1) is 41.0. The molecule has 4 heteroatoms. The number of ether oxygens (including phenoxy) is 2. The lowest BCUT2D eigenvalue weighted by Gasteiger charge is -2.28. The molecule has 0 N–H and O–H groups in total. The molecule has 0 aromatic carbocycles. The van der Waals surface area contributed by atoms with Gasteiger partial charge in [-0.2, -0.15) is 0 Å². The quantitative estimate of drug-likeness (QED) is 0.0554. The Balaban J connectivity index is 1.98. The molecule has 0 aromatic heterocycles. The second kappa shape index (κ2) is 31.9. The first-order valence-corrected chi connectivity index (χ1v) is 20.0. The van der Waals surface area contributed by atoms with Gasteiger partial charge in [-0.15, -0.1) is 0 Å². The van der Waals surface area contributed by atoms with E-state index in [1.807, 2.05) is 0 Å². The van der Waals surface area contributed by atoms with Gasteiger partial charge >= 0.3 is 11.9 Å². The molecular formula is C40H76O4. The van der Waals surface area contributed by atoms with Gasteiger partial charge in [0.2, 0.25) is 0 Å². The fraction of sp³-hybridized carbons (Fsp3) is 0.950. The van der Waals surface area contributed by atoms with Gasteiger partial charge < -0.3 is 9.47 Å². The number of unbranched alkanes of at least 4 members (excludes halogenated alkanes) is 26. The highest BCUT2D eigenvalue weighted by molar-refractivity contribution is 5.82. The van der Waals surface area contributed by atoms with Crippen LogP contribution in [0.3, 0.4) is 0 Å². The van der Waals surface area contributed by atoms with E-state index in [4.69, 9.17) is 9.47 Å². The van der Waals surface area contributed by atoms with Crippen LogP contribution in [0.25, 0.3) is 0 Å². The standard InChI is InChI=1S/C40H76O4/c1-3-5-7-9-11-13-15-17-18-19-20-22-24-26-28-32-36-44-40(42)38-34-30-29-33-37(38)39(41)43-35-31-27-25-23-21-16-14-12-10-8-6-4-2/h37-38H,3-36H2,1-2H3. The van der Waals surface area contributed by atoms with Gasteiger partial charge in [0.1, 0.15) is 0 Å². The van der Waals surface area contributed by atoms with Crippen molar-refractivity contribution in [3.63, 3.8) is 0 Å². The first-order valence-electron chi connectivity index (χ1n) is 20.0. The maximum absolute atomic E-state index is 12.8. The van der Waals surface area contributed by atoms with E-state index in [1.54, 1.807) is 0 Å². The summed E-state index contributed by atoms with van der Waals surface area (Å²) in [7, 11) is 0. The van der Waals surface area contributed by atoms with Crippen LogP contribution in [0.5, 0.6) is 0 Å². The molecule has 0 spiro atoms. The van der Waals surface area contributed by atoms with E-state index in [9.17, 15) is 9.59 Å². The summed E-state index contributed by atoms with van der Waals surface area (Å²) in [5, 5.41) is 0. The number of hydrogen-bond acceptors (Lipinski definition) is 4. The molecule has 2 atom stereocenters. The third kappa shape index (κ3) is 24.2. The van der Waals surface area contributed by atoms with E-state index < -0.39 is 0 Å². The summed E-state index contributed by atoms with van der Waals surface area (Å²) in [5.41, 5.74) is 0. The van der Waals surface area contributed by atoms with Crippen LogP contribution in [0.15, 0.2) is 0 Å². The average molecular weight is 621 g/mol. The topological polar surface area (TPSA) is 52.6 Å². The maximum atomic E-state index is 12.8. The van der Waals surface area contributed by atoms with Crippen LogP contribution in [-0.2, 0) is 19.1 Å². The summed E-state index contributed by atoms with van der Waals surface area (Å²) in [6.07, 6.45) is 40.5. The van der Waals surface area contributed by atoms with E-state index >= 15 is 0 Å². The van der Waals surface area contributed by atoms with Crippen LogP contribution in [0.4, 0.5) is 0 Å². The van der Waals surface area contributed by atoms with Crippen molar-refractivity contribution in [1.29, 1.82) is 0 Å². The number of hydrogen-bond donors (Lipinski definition) is 0. The Labute approximate surface area is 275 Å². The highest BCUT2D eigenvalue weighted by Crippen LogP contribution is 2.32. The first-order chi connectivity index (χ1) is 21.7. The number of rotatable bonds is 32. The smallest absolute Gasteiger partial charge is 0.309 e. The van der Waals surface area contributed by atoms with Crippen LogP contribution in [-0.4, -0.2) is 25.2 Å². The molecule has 260 valence electrons. The van der Waals surface area contributed by atoms with Crippen molar-refractivity contribution < 1.29 is 19.1 Å². The van der Waals surface area contributed by atoms with Crippen molar-refractivity contribution >= 4 is 11.9 Å². The van der Waals surface area contributed by atoms with Gasteiger partial charge in [0.05, 0.1) is 25.0 Å². The van der Waals surface area contributed by atoms with Crippen molar-refractivity contribution in [3.8, 4) is 0 Å². The molecule has 0 saturated heterocycles. The number of carbonyl (C=O) groups is 2. The second-order valence-corrected chi connectivity index (χ2v) is 14.0. The lowest BCUT2D eigenvalue weighted by molar-refractivity contribution is -0.163. The highest BCUT2D eigenvalue weighted by atomic mass is 16.5. The Morgan fingerprint density at radius 3 is 0.864 bits per heavy atom. The zero-order valence-corrected chi connectivity index (χ0v) is 29.8. The van der Waals surface area contributed by atoms with E-state index in [1.165, 1.54) is 154 Å². The number of esters is 2. The molecule has 0 heterocycles. The molecule has 1 rings (SSSR count). The van der Waals surface area contributed by atoms with E-state index in [-0.39, 0.29) is 23.8 Å². The zero-order chi connectivity index (χ0) is 31.8. The number of carbonyl (C=O) groups excluding carboxylic acids is 2. The Morgan fingerprint density at radius 2 is 0.614 bits per heavy atom. The summed E-state index contributed by atoms with van der Waals surface area (Å²) in [6, 6.07) is 0. The van der Waals surface area contributed by atoms with Crippen LogP contribution < -0.4 is 0 Å². The average Bonchev–Trinajstić information content (AvgIpc) is 3.04. The van der Waals surface area contributed by atoms with Gasteiger partial charge in [0, 0.05) is 0 Å². The molecule has 0 radical (unpaired) electrons. The van der Waals surface area contributed by atoms with Crippen molar-refractivity contribution in [3.05, 3.63) is 0 Å². The molecule has 0 bridgehead atoms. The molecule has 4 nitrogen and oxygen atoms in total. The molecule has 1 aliphatic carbocycles. The van der Waals surface area contributed by atoms with Gasteiger partial charge in [0.25, 0.3) is 0 Å². The molecule has 0 aromatic rings. The van der Waals surface area contributed by atoms with Crippen molar-refractivity contribution in [2.75, 3.05) is 13.2 Å². The molecule has 2 unspecified atom stereocenters. The fourth-order valence-corrected chi connectivity index (χ4v) is 6.85. The monoisotopic (exact) mass is 621 g/mol. The minimum Gasteiger partial charge on any atom is -0.465 e. The maximum Gasteiger partial charge on any atom is 0.309 e. The Bertz CT molecular complexity index is 633. The molecule has 1 fully saturated rings. The largest absolute Gasteiger partial charge is 0.465 e. The third-order valence-electron chi connectivity index (χ3n) is 9.86. The predicted octanol–water partition coefficient (Wildman–Crippen LogP) is 12.8.